The Morgan fingerprint density at radius 1 is 1.08 bits per heavy atom. The Bertz CT molecular complexity index is 1860. The summed E-state index contributed by atoms with van der Waals surface area (Å²) in [5, 5.41) is 11.4. The minimum Gasteiger partial charge on any atom is -0.350 e. The summed E-state index contributed by atoms with van der Waals surface area (Å²) in [5.41, 5.74) is 14.5. The number of rotatable bonds is 10. The Hall–Kier alpha value is -4.61. The molecule has 1 amide bonds. The zero-order valence-corrected chi connectivity index (χ0v) is 28.9. The summed E-state index contributed by atoms with van der Waals surface area (Å²) >= 11 is 0. The molecule has 1 aromatic carbocycles. The van der Waals surface area contributed by atoms with Crippen LogP contribution in [-0.4, -0.2) is 74.1 Å². The number of benzene rings is 1. The normalized spacial score (nSPS) is 18.8. The smallest absolute Gasteiger partial charge is 0.247 e. The van der Waals surface area contributed by atoms with Gasteiger partial charge in [-0.1, -0.05) is 51.1 Å². The highest BCUT2D eigenvalue weighted by atomic mass is 16.1. The largest absolute Gasteiger partial charge is 0.350 e. The molecule has 2 aliphatic heterocycles. The number of allylic oxidation sites excluding steroid dienone is 1. The first kappa shape index (κ1) is 32.9. The Labute approximate surface area is 288 Å². The van der Waals surface area contributed by atoms with E-state index in [9.17, 15) is 4.79 Å². The predicted octanol–water partition coefficient (Wildman–Crippen LogP) is 5.47. The van der Waals surface area contributed by atoms with Crippen molar-refractivity contribution in [2.45, 2.75) is 77.3 Å². The van der Waals surface area contributed by atoms with E-state index in [4.69, 9.17) is 25.8 Å². The maximum absolute atomic E-state index is 12.8. The third-order valence-corrected chi connectivity index (χ3v) is 10.0. The van der Waals surface area contributed by atoms with Crippen molar-refractivity contribution in [3.8, 4) is 11.3 Å². The summed E-state index contributed by atoms with van der Waals surface area (Å²) in [4.78, 5) is 32.3. The summed E-state index contributed by atoms with van der Waals surface area (Å²) in [5.74, 6) is 1.75. The molecular weight excluding hydrogens is 612 g/mol. The first-order chi connectivity index (χ1) is 23.8. The number of nitrogens with two attached hydrogens (primary N) is 1. The second-order valence-corrected chi connectivity index (χ2v) is 14.0. The van der Waals surface area contributed by atoms with Crippen molar-refractivity contribution in [1.29, 1.82) is 0 Å². The van der Waals surface area contributed by atoms with E-state index >= 15 is 0 Å². The number of likely N-dealkylation sites (tertiary alicyclic amines) is 1. The second kappa shape index (κ2) is 14.5. The van der Waals surface area contributed by atoms with Gasteiger partial charge in [-0.05, 0) is 85.9 Å². The summed E-state index contributed by atoms with van der Waals surface area (Å²) in [6.45, 7) is 11.8. The number of nitrogens with zero attached hydrogens (tertiary/aromatic N) is 7. The molecule has 3 aliphatic rings. The van der Waals surface area contributed by atoms with Crippen LogP contribution in [0.15, 0.2) is 60.6 Å². The zero-order valence-electron chi connectivity index (χ0n) is 28.9. The van der Waals surface area contributed by atoms with E-state index in [1.165, 1.54) is 18.4 Å². The van der Waals surface area contributed by atoms with Crippen LogP contribution in [0.5, 0.6) is 0 Å². The molecule has 0 radical (unpaired) electrons. The van der Waals surface area contributed by atoms with Gasteiger partial charge in [0, 0.05) is 61.3 Å². The first-order valence-electron chi connectivity index (χ1n) is 17.8. The number of aromatic nitrogens is 5. The quantitative estimate of drug-likeness (QED) is 0.190. The van der Waals surface area contributed by atoms with Crippen molar-refractivity contribution in [1.82, 2.24) is 34.8 Å². The number of anilines is 2. The molecule has 4 aromatic rings. The average Bonchev–Trinajstić information content (AvgIpc) is 3.78. The molecule has 0 bridgehead atoms. The van der Waals surface area contributed by atoms with Crippen LogP contribution in [0.4, 0.5) is 11.9 Å². The van der Waals surface area contributed by atoms with Crippen LogP contribution in [0.25, 0.3) is 23.0 Å². The molecule has 11 nitrogen and oxygen atoms in total. The van der Waals surface area contributed by atoms with Crippen molar-refractivity contribution in [3.05, 3.63) is 82.8 Å². The minimum absolute atomic E-state index is 0.0738. The number of carbonyl (C=O) groups is 1. The van der Waals surface area contributed by atoms with E-state index < -0.39 is 0 Å². The predicted molar refractivity (Wildman–Crippen MR) is 195 cm³/mol. The molecule has 5 heterocycles. The van der Waals surface area contributed by atoms with E-state index in [0.717, 1.165) is 91.3 Å². The van der Waals surface area contributed by atoms with Crippen molar-refractivity contribution in [3.63, 3.8) is 0 Å². The molecule has 4 N–H and O–H groups in total. The maximum atomic E-state index is 12.8. The molecule has 2 fully saturated rings. The second-order valence-electron chi connectivity index (χ2n) is 14.0. The lowest BCUT2D eigenvalue weighted by molar-refractivity contribution is -0.115. The lowest BCUT2D eigenvalue weighted by atomic mass is 9.83. The number of nitrogens with one attached hydrogen (secondary N) is 2. The molecule has 11 heteroatoms. The SMILES string of the molecule is CC(C)c1cnn2c(NCc3ccccc3-c3nccc4c3C(C)CC(NC(=O)/C=C/CN3CCCC3)=C4)nc(N3CCC(N)CC3)nc12. The van der Waals surface area contributed by atoms with Crippen molar-refractivity contribution < 1.29 is 4.79 Å². The van der Waals surface area contributed by atoms with E-state index in [1.54, 1.807) is 6.08 Å². The number of hydrogen-bond acceptors (Lipinski definition) is 9. The fraction of sp³-hybridized carbons (Fsp3) is 0.447. The first-order valence-corrected chi connectivity index (χ1v) is 17.8. The van der Waals surface area contributed by atoms with Crippen LogP contribution in [-0.2, 0) is 11.3 Å². The maximum Gasteiger partial charge on any atom is 0.247 e. The van der Waals surface area contributed by atoms with Gasteiger partial charge in [-0.2, -0.15) is 19.6 Å². The van der Waals surface area contributed by atoms with Crippen LogP contribution in [0.1, 0.15) is 87.0 Å². The highest BCUT2D eigenvalue weighted by Gasteiger charge is 2.25. The molecule has 1 atom stereocenters. The Kier molecular flexibility index (Phi) is 9.72. The monoisotopic (exact) mass is 660 g/mol. The van der Waals surface area contributed by atoms with Gasteiger partial charge in [0.1, 0.15) is 0 Å². The van der Waals surface area contributed by atoms with Crippen molar-refractivity contribution >= 4 is 29.5 Å². The summed E-state index contributed by atoms with van der Waals surface area (Å²) in [7, 11) is 0. The van der Waals surface area contributed by atoms with Gasteiger partial charge >= 0.3 is 0 Å². The molecule has 256 valence electrons. The Morgan fingerprint density at radius 2 is 1.88 bits per heavy atom. The van der Waals surface area contributed by atoms with Gasteiger partial charge in [-0.15, -0.1) is 0 Å². The molecule has 1 unspecified atom stereocenters. The standard InChI is InChI=1S/C38H48N10O/c1-25(2)32-24-42-48-36(32)44-38(47-19-13-29(39)14-20-47)45-37(48)41-23-28-9-4-5-10-31(28)35-34-26(3)21-30(22-27(34)12-15-40-35)43-33(49)11-8-18-46-16-6-7-17-46/h4-5,8-12,15,22,24-26,29H,6-7,13-14,16-21,23,39H2,1-3H3,(H,43,49)(H,41,44,45)/b11-8+. The molecule has 3 aromatic heterocycles. The Balaban J connectivity index is 1.13. The molecule has 49 heavy (non-hydrogen) atoms. The molecule has 1 aliphatic carbocycles. The zero-order chi connectivity index (χ0) is 33.9. The van der Waals surface area contributed by atoms with Gasteiger partial charge in [0.05, 0.1) is 11.9 Å². The molecule has 0 saturated carbocycles. The van der Waals surface area contributed by atoms with E-state index in [2.05, 4.69) is 71.5 Å². The van der Waals surface area contributed by atoms with Gasteiger partial charge in [0.15, 0.2) is 5.65 Å². The molecule has 0 spiro atoms. The van der Waals surface area contributed by atoms with Crippen LogP contribution in [0.2, 0.25) is 0 Å². The van der Waals surface area contributed by atoms with Crippen LogP contribution < -0.4 is 21.3 Å². The third-order valence-electron chi connectivity index (χ3n) is 10.0. The highest BCUT2D eigenvalue weighted by Crippen LogP contribution is 2.39. The van der Waals surface area contributed by atoms with Gasteiger partial charge < -0.3 is 21.3 Å². The summed E-state index contributed by atoms with van der Waals surface area (Å²) in [6, 6.07) is 10.7. The topological polar surface area (TPSA) is 130 Å². The lowest BCUT2D eigenvalue weighted by Gasteiger charge is -2.30. The van der Waals surface area contributed by atoms with Gasteiger partial charge in [-0.25, -0.2) is 0 Å². The molecule has 2 saturated heterocycles. The number of fused-ring (bicyclic) bond motifs is 2. The molecular formula is C38H48N10O. The summed E-state index contributed by atoms with van der Waals surface area (Å²) < 4.78 is 1.82. The van der Waals surface area contributed by atoms with Crippen molar-refractivity contribution in [2.24, 2.45) is 5.73 Å². The van der Waals surface area contributed by atoms with Crippen molar-refractivity contribution in [2.75, 3.05) is 42.9 Å². The third kappa shape index (κ3) is 7.23. The van der Waals surface area contributed by atoms with E-state index in [-0.39, 0.29) is 23.8 Å². The number of amides is 1. The van der Waals surface area contributed by atoms with E-state index in [1.807, 2.05) is 29.1 Å². The Morgan fingerprint density at radius 3 is 2.67 bits per heavy atom. The number of carbonyl (C=O) groups excluding carboxylic acids is 1. The van der Waals surface area contributed by atoms with Crippen LogP contribution in [0, 0.1) is 0 Å². The number of pyridine rings is 1. The van der Waals surface area contributed by atoms with E-state index in [0.29, 0.717) is 18.4 Å². The van der Waals surface area contributed by atoms with Crippen LogP contribution >= 0.6 is 0 Å². The van der Waals surface area contributed by atoms with Gasteiger partial charge in [0.25, 0.3) is 0 Å². The average molecular weight is 661 g/mol. The fourth-order valence-corrected chi connectivity index (χ4v) is 7.31. The number of piperidine rings is 1. The van der Waals surface area contributed by atoms with Gasteiger partial charge in [-0.3, -0.25) is 14.7 Å². The molecule has 7 rings (SSSR count). The lowest BCUT2D eigenvalue weighted by Crippen LogP contribution is -2.40. The van der Waals surface area contributed by atoms with Crippen LogP contribution in [0.3, 0.4) is 0 Å². The highest BCUT2D eigenvalue weighted by molar-refractivity contribution is 5.90. The fourth-order valence-electron chi connectivity index (χ4n) is 7.31. The van der Waals surface area contributed by atoms with Gasteiger partial charge in [0.2, 0.25) is 17.8 Å². The summed E-state index contributed by atoms with van der Waals surface area (Å²) in [6.07, 6.45) is 14.6. The minimum atomic E-state index is -0.0738. The number of hydrogen-bond donors (Lipinski definition) is 3.